The predicted octanol–water partition coefficient (Wildman–Crippen LogP) is 1.70. The summed E-state index contributed by atoms with van der Waals surface area (Å²) in [6.07, 6.45) is 4.86. The van der Waals surface area contributed by atoms with Crippen molar-refractivity contribution in [2.24, 2.45) is 0 Å². The van der Waals surface area contributed by atoms with Gasteiger partial charge in [0.15, 0.2) is 0 Å². The highest BCUT2D eigenvalue weighted by Gasteiger charge is 2.15. The van der Waals surface area contributed by atoms with Crippen LogP contribution < -0.4 is 0 Å². The number of carbonyl (C=O) groups is 1. The Kier molecular flexibility index (Phi) is 3.30. The molecule has 1 atom stereocenters. The van der Waals surface area contributed by atoms with Crippen LogP contribution in [0.25, 0.3) is 0 Å². The molecule has 0 radical (unpaired) electrons. The fraction of sp³-hybridized carbons (Fsp3) is 0.667. The van der Waals surface area contributed by atoms with E-state index in [1.165, 1.54) is 6.42 Å². The summed E-state index contributed by atoms with van der Waals surface area (Å²) in [6.45, 7) is 4.63. The monoisotopic (exact) mass is 154 g/mol. The van der Waals surface area contributed by atoms with Gasteiger partial charge in [0.2, 0.25) is 0 Å². The van der Waals surface area contributed by atoms with Gasteiger partial charge in [0.25, 0.3) is 0 Å². The second-order valence-electron chi connectivity index (χ2n) is 2.88. The Morgan fingerprint density at radius 2 is 2.45 bits per heavy atom. The van der Waals surface area contributed by atoms with Gasteiger partial charge in [0.05, 0.1) is 6.10 Å². The molecule has 0 N–H and O–H groups in total. The molecule has 0 saturated carbocycles. The van der Waals surface area contributed by atoms with E-state index in [9.17, 15) is 4.79 Å². The van der Waals surface area contributed by atoms with Crippen molar-refractivity contribution in [2.45, 2.75) is 31.8 Å². The molecule has 0 aromatic rings. The van der Waals surface area contributed by atoms with E-state index < -0.39 is 0 Å². The van der Waals surface area contributed by atoms with E-state index in [1.807, 2.05) is 0 Å². The first kappa shape index (κ1) is 8.47. The third-order valence-corrected chi connectivity index (χ3v) is 1.98. The highest BCUT2D eigenvalue weighted by Crippen LogP contribution is 2.19. The van der Waals surface area contributed by atoms with Crippen molar-refractivity contribution in [3.05, 3.63) is 12.2 Å². The lowest BCUT2D eigenvalue weighted by molar-refractivity contribution is -0.107. The third-order valence-electron chi connectivity index (χ3n) is 1.98. The Bertz CT molecular complexity index is 146. The number of rotatable bonds is 3. The summed E-state index contributed by atoms with van der Waals surface area (Å²) in [5.74, 6) is 0. The van der Waals surface area contributed by atoms with Crippen molar-refractivity contribution in [3.63, 3.8) is 0 Å². The maximum absolute atomic E-state index is 10.1. The minimum Gasteiger partial charge on any atom is -0.374 e. The molecular weight excluding hydrogens is 140 g/mol. The molecule has 1 heterocycles. The molecule has 0 aromatic carbocycles. The van der Waals surface area contributed by atoms with Crippen LogP contribution in [-0.4, -0.2) is 19.0 Å². The van der Waals surface area contributed by atoms with Crippen LogP contribution in [0.5, 0.6) is 0 Å². The Hall–Kier alpha value is -0.630. The smallest absolute Gasteiger partial charge is 0.124 e. The van der Waals surface area contributed by atoms with Gasteiger partial charge in [0, 0.05) is 13.0 Å². The fourth-order valence-corrected chi connectivity index (χ4v) is 1.30. The molecule has 1 aliphatic heterocycles. The van der Waals surface area contributed by atoms with E-state index in [1.54, 1.807) is 0 Å². The van der Waals surface area contributed by atoms with Crippen molar-refractivity contribution in [2.75, 3.05) is 6.61 Å². The van der Waals surface area contributed by atoms with Gasteiger partial charge in [-0.2, -0.15) is 0 Å². The zero-order chi connectivity index (χ0) is 8.10. The number of hydrogen-bond donors (Lipinski definition) is 0. The largest absolute Gasteiger partial charge is 0.374 e. The van der Waals surface area contributed by atoms with Gasteiger partial charge in [-0.05, 0) is 24.8 Å². The van der Waals surface area contributed by atoms with Gasteiger partial charge in [-0.25, -0.2) is 0 Å². The van der Waals surface area contributed by atoms with Gasteiger partial charge in [-0.15, -0.1) is 0 Å². The molecule has 1 aliphatic rings. The summed E-state index contributed by atoms with van der Waals surface area (Å²) < 4.78 is 5.43. The van der Waals surface area contributed by atoms with Gasteiger partial charge < -0.3 is 9.53 Å². The minimum atomic E-state index is 0.147. The van der Waals surface area contributed by atoms with Gasteiger partial charge >= 0.3 is 0 Å². The van der Waals surface area contributed by atoms with Crippen molar-refractivity contribution in [3.8, 4) is 0 Å². The molecule has 62 valence electrons. The van der Waals surface area contributed by atoms with Crippen molar-refractivity contribution in [1.29, 1.82) is 0 Å². The molecule has 2 heteroatoms. The van der Waals surface area contributed by atoms with E-state index in [-0.39, 0.29) is 6.10 Å². The summed E-state index contributed by atoms with van der Waals surface area (Å²) in [5.41, 5.74) is 0.930. The Morgan fingerprint density at radius 1 is 1.64 bits per heavy atom. The van der Waals surface area contributed by atoms with Crippen molar-refractivity contribution < 1.29 is 9.53 Å². The third kappa shape index (κ3) is 2.46. The van der Waals surface area contributed by atoms with Crippen LogP contribution in [0.2, 0.25) is 0 Å². The summed E-state index contributed by atoms with van der Waals surface area (Å²) in [5, 5.41) is 0. The SMILES string of the molecule is C=C(CC=O)C1CCCCO1. The first-order valence-electron chi connectivity index (χ1n) is 4.07. The predicted molar refractivity (Wildman–Crippen MR) is 43.4 cm³/mol. The van der Waals surface area contributed by atoms with E-state index in [2.05, 4.69) is 6.58 Å². The van der Waals surface area contributed by atoms with E-state index in [0.29, 0.717) is 6.42 Å². The van der Waals surface area contributed by atoms with Crippen LogP contribution in [0.15, 0.2) is 12.2 Å². The molecule has 0 amide bonds. The number of hydrogen-bond acceptors (Lipinski definition) is 2. The lowest BCUT2D eigenvalue weighted by Crippen LogP contribution is -2.20. The Morgan fingerprint density at radius 3 is 3.00 bits per heavy atom. The van der Waals surface area contributed by atoms with Crippen LogP contribution in [0.4, 0.5) is 0 Å². The lowest BCUT2D eigenvalue weighted by atomic mass is 10.0. The summed E-state index contributed by atoms with van der Waals surface area (Å²) in [7, 11) is 0. The molecule has 1 rings (SSSR count). The van der Waals surface area contributed by atoms with Crippen LogP contribution in [0.1, 0.15) is 25.7 Å². The van der Waals surface area contributed by atoms with Crippen LogP contribution >= 0.6 is 0 Å². The second-order valence-corrected chi connectivity index (χ2v) is 2.88. The lowest BCUT2D eigenvalue weighted by Gasteiger charge is -2.23. The normalized spacial score (nSPS) is 24.5. The Labute approximate surface area is 67.2 Å². The summed E-state index contributed by atoms with van der Waals surface area (Å²) >= 11 is 0. The highest BCUT2D eigenvalue weighted by molar-refractivity contribution is 5.54. The van der Waals surface area contributed by atoms with E-state index >= 15 is 0 Å². The van der Waals surface area contributed by atoms with E-state index in [0.717, 1.165) is 31.3 Å². The van der Waals surface area contributed by atoms with Crippen LogP contribution in [0.3, 0.4) is 0 Å². The van der Waals surface area contributed by atoms with Crippen molar-refractivity contribution in [1.82, 2.24) is 0 Å². The summed E-state index contributed by atoms with van der Waals surface area (Å²) in [6, 6.07) is 0. The molecule has 0 aromatic heterocycles. The van der Waals surface area contributed by atoms with Crippen LogP contribution in [0, 0.1) is 0 Å². The highest BCUT2D eigenvalue weighted by atomic mass is 16.5. The average molecular weight is 154 g/mol. The molecule has 1 unspecified atom stereocenters. The standard InChI is InChI=1S/C9H14O2/c1-8(5-6-10)9-4-2-3-7-11-9/h6,9H,1-5,7H2. The van der Waals surface area contributed by atoms with Crippen molar-refractivity contribution >= 4 is 6.29 Å². The zero-order valence-corrected chi connectivity index (χ0v) is 6.71. The minimum absolute atomic E-state index is 0.147. The van der Waals surface area contributed by atoms with Gasteiger partial charge in [0.1, 0.15) is 6.29 Å². The molecule has 11 heavy (non-hydrogen) atoms. The maximum atomic E-state index is 10.1. The van der Waals surface area contributed by atoms with Gasteiger partial charge in [-0.1, -0.05) is 6.58 Å². The van der Waals surface area contributed by atoms with Gasteiger partial charge in [-0.3, -0.25) is 0 Å². The number of aldehydes is 1. The average Bonchev–Trinajstić information content (AvgIpc) is 2.07. The molecular formula is C9H14O2. The maximum Gasteiger partial charge on any atom is 0.124 e. The molecule has 0 aliphatic carbocycles. The first-order chi connectivity index (χ1) is 5.34. The molecule has 0 spiro atoms. The molecule has 2 nitrogen and oxygen atoms in total. The fourth-order valence-electron chi connectivity index (χ4n) is 1.30. The number of carbonyl (C=O) groups excluding carboxylic acids is 1. The quantitative estimate of drug-likeness (QED) is 0.457. The first-order valence-corrected chi connectivity index (χ1v) is 4.07. The topological polar surface area (TPSA) is 26.3 Å². The molecule has 1 fully saturated rings. The second kappa shape index (κ2) is 4.29. The van der Waals surface area contributed by atoms with E-state index in [4.69, 9.17) is 4.74 Å². The molecule has 0 bridgehead atoms. The number of ether oxygens (including phenoxy) is 1. The Balaban J connectivity index is 2.32. The summed E-state index contributed by atoms with van der Waals surface area (Å²) in [4.78, 5) is 10.1. The zero-order valence-electron chi connectivity index (χ0n) is 6.71. The molecule has 1 saturated heterocycles. The van der Waals surface area contributed by atoms with Crippen LogP contribution in [-0.2, 0) is 9.53 Å².